The summed E-state index contributed by atoms with van der Waals surface area (Å²) in [5, 5.41) is 15.9. The molecule has 2 aromatic rings. The molecule has 0 aliphatic rings. The van der Waals surface area contributed by atoms with Crippen molar-refractivity contribution >= 4 is 11.6 Å². The third kappa shape index (κ3) is 7.32. The topological polar surface area (TPSA) is 62.8 Å². The molecule has 154 valence electrons. The number of aryl methyl sites for hydroxylation is 1. The van der Waals surface area contributed by atoms with E-state index in [1.165, 1.54) is 5.56 Å². The summed E-state index contributed by atoms with van der Waals surface area (Å²) in [6.45, 7) is 8.28. The zero-order valence-electron chi connectivity index (χ0n) is 16.8. The summed E-state index contributed by atoms with van der Waals surface area (Å²) in [5.41, 5.74) is 3.37. The van der Waals surface area contributed by atoms with Crippen molar-refractivity contribution in [2.75, 3.05) is 32.8 Å². The molecule has 6 heteroatoms. The first-order valence-electron chi connectivity index (χ1n) is 9.80. The third-order valence-corrected chi connectivity index (χ3v) is 4.61. The number of aliphatic hydroxyl groups is 1. The first-order chi connectivity index (χ1) is 13.7. The van der Waals surface area contributed by atoms with Crippen LogP contribution < -0.4 is 20.1 Å². The molecule has 2 aromatic carbocycles. The van der Waals surface area contributed by atoms with E-state index in [1.54, 1.807) is 0 Å². The molecule has 0 aliphatic heterocycles. The summed E-state index contributed by atoms with van der Waals surface area (Å²) in [5.74, 6) is 1.26. The Bertz CT molecular complexity index is 725. The highest BCUT2D eigenvalue weighted by atomic mass is 35.5. The Morgan fingerprint density at radius 3 is 2.57 bits per heavy atom. The van der Waals surface area contributed by atoms with E-state index in [0.717, 1.165) is 30.6 Å². The van der Waals surface area contributed by atoms with E-state index in [1.807, 2.05) is 31.2 Å². The van der Waals surface area contributed by atoms with Crippen LogP contribution in [-0.2, 0) is 13.2 Å². The summed E-state index contributed by atoms with van der Waals surface area (Å²) in [6, 6.07) is 12.1. The first-order valence-corrected chi connectivity index (χ1v) is 10.2. The molecular formula is C22H31ClN2O3. The van der Waals surface area contributed by atoms with Crippen molar-refractivity contribution in [1.82, 2.24) is 10.6 Å². The number of aliphatic hydroxyl groups excluding tert-OH is 1. The monoisotopic (exact) mass is 406 g/mol. The third-order valence-electron chi connectivity index (χ3n) is 4.33. The Labute approximate surface area is 173 Å². The highest BCUT2D eigenvalue weighted by Gasteiger charge is 2.13. The number of ether oxygens (including phenoxy) is 2. The first kappa shape index (κ1) is 22.5. The van der Waals surface area contributed by atoms with E-state index in [4.69, 9.17) is 26.2 Å². The van der Waals surface area contributed by atoms with Crippen molar-refractivity contribution in [1.29, 1.82) is 0 Å². The molecule has 0 spiro atoms. The van der Waals surface area contributed by atoms with Gasteiger partial charge in [0.25, 0.3) is 0 Å². The van der Waals surface area contributed by atoms with Crippen LogP contribution in [0, 0.1) is 6.92 Å². The fraction of sp³-hybridized carbons (Fsp3) is 0.455. The van der Waals surface area contributed by atoms with Crippen molar-refractivity contribution in [3.05, 3.63) is 58.1 Å². The minimum absolute atomic E-state index is 0.171. The number of rotatable bonds is 13. The van der Waals surface area contributed by atoms with Gasteiger partial charge in [0.1, 0.15) is 6.61 Å². The van der Waals surface area contributed by atoms with Gasteiger partial charge in [-0.3, -0.25) is 0 Å². The molecule has 2 rings (SSSR count). The number of hydrogen-bond donors (Lipinski definition) is 3. The molecule has 0 saturated carbocycles. The predicted octanol–water partition coefficient (Wildman–Crippen LogP) is 3.69. The van der Waals surface area contributed by atoms with Crippen molar-refractivity contribution in [3.8, 4) is 11.5 Å². The lowest BCUT2D eigenvalue weighted by Crippen LogP contribution is -2.23. The van der Waals surface area contributed by atoms with Crippen LogP contribution in [0.15, 0.2) is 36.4 Å². The maximum Gasteiger partial charge on any atom is 0.180 e. The molecule has 0 unspecified atom stereocenters. The highest BCUT2D eigenvalue weighted by Crippen LogP contribution is 2.37. The molecule has 0 fully saturated rings. The summed E-state index contributed by atoms with van der Waals surface area (Å²) >= 11 is 6.51. The number of benzene rings is 2. The van der Waals surface area contributed by atoms with Gasteiger partial charge in [-0.25, -0.2) is 0 Å². The van der Waals surface area contributed by atoms with Crippen LogP contribution in [0.2, 0.25) is 5.02 Å². The predicted molar refractivity (Wildman–Crippen MR) is 114 cm³/mol. The average molecular weight is 407 g/mol. The van der Waals surface area contributed by atoms with Crippen LogP contribution in [-0.4, -0.2) is 38.0 Å². The quantitative estimate of drug-likeness (QED) is 0.443. The molecule has 5 nitrogen and oxygen atoms in total. The van der Waals surface area contributed by atoms with Gasteiger partial charge in [-0.2, -0.15) is 0 Å². The highest BCUT2D eigenvalue weighted by molar-refractivity contribution is 6.32. The smallest absolute Gasteiger partial charge is 0.180 e. The van der Waals surface area contributed by atoms with E-state index < -0.39 is 0 Å². The SMILES string of the molecule is CCOc1cc(CNCCCNCCO)cc(Cl)c1OCc1ccccc1C. The van der Waals surface area contributed by atoms with Crippen LogP contribution in [0.4, 0.5) is 0 Å². The number of nitrogens with one attached hydrogen (secondary N) is 2. The molecule has 0 saturated heterocycles. The Kier molecular flexibility index (Phi) is 10.1. The van der Waals surface area contributed by atoms with Gasteiger partial charge in [0.15, 0.2) is 11.5 Å². The fourth-order valence-electron chi connectivity index (χ4n) is 2.82. The standard InChI is InChI=1S/C22H31ClN2O3/c1-3-27-21-14-18(15-25-10-6-9-24-11-12-26)13-20(23)22(21)28-16-19-8-5-4-7-17(19)2/h4-5,7-8,13-14,24-26H,3,6,9-12,15-16H2,1-2H3. The number of hydrogen-bond acceptors (Lipinski definition) is 5. The van der Waals surface area contributed by atoms with Gasteiger partial charge in [-0.15, -0.1) is 0 Å². The van der Waals surface area contributed by atoms with Crippen LogP contribution in [0.25, 0.3) is 0 Å². The lowest BCUT2D eigenvalue weighted by Gasteiger charge is -2.16. The second-order valence-electron chi connectivity index (χ2n) is 6.56. The van der Waals surface area contributed by atoms with Gasteiger partial charge in [-0.05, 0) is 62.2 Å². The number of halogens is 1. The molecule has 0 atom stereocenters. The summed E-state index contributed by atoms with van der Waals surface area (Å²) in [4.78, 5) is 0. The van der Waals surface area contributed by atoms with Gasteiger partial charge in [0, 0.05) is 13.1 Å². The molecule has 0 amide bonds. The molecule has 3 N–H and O–H groups in total. The van der Waals surface area contributed by atoms with Crippen molar-refractivity contribution in [3.63, 3.8) is 0 Å². The van der Waals surface area contributed by atoms with Crippen LogP contribution >= 0.6 is 11.6 Å². The van der Waals surface area contributed by atoms with Gasteiger partial charge in [0.2, 0.25) is 0 Å². The Morgan fingerprint density at radius 1 is 1.04 bits per heavy atom. The van der Waals surface area contributed by atoms with E-state index in [-0.39, 0.29) is 6.61 Å². The Hall–Kier alpha value is -1.79. The van der Waals surface area contributed by atoms with E-state index in [2.05, 4.69) is 29.7 Å². The van der Waals surface area contributed by atoms with Gasteiger partial charge >= 0.3 is 0 Å². The van der Waals surface area contributed by atoms with Crippen LogP contribution in [0.1, 0.15) is 30.0 Å². The van der Waals surface area contributed by atoms with Gasteiger partial charge in [0.05, 0.1) is 18.2 Å². The van der Waals surface area contributed by atoms with Gasteiger partial charge < -0.3 is 25.2 Å². The lowest BCUT2D eigenvalue weighted by atomic mass is 10.1. The van der Waals surface area contributed by atoms with Gasteiger partial charge in [-0.1, -0.05) is 35.9 Å². The zero-order chi connectivity index (χ0) is 20.2. The zero-order valence-corrected chi connectivity index (χ0v) is 17.5. The van der Waals surface area contributed by atoms with Crippen LogP contribution in [0.3, 0.4) is 0 Å². The molecule has 0 aliphatic carbocycles. The lowest BCUT2D eigenvalue weighted by molar-refractivity contribution is 0.268. The minimum atomic E-state index is 0.171. The van der Waals surface area contributed by atoms with E-state index in [0.29, 0.717) is 42.8 Å². The summed E-state index contributed by atoms with van der Waals surface area (Å²) in [6.07, 6.45) is 0.990. The largest absolute Gasteiger partial charge is 0.490 e. The van der Waals surface area contributed by atoms with E-state index >= 15 is 0 Å². The normalized spacial score (nSPS) is 10.9. The fourth-order valence-corrected chi connectivity index (χ4v) is 3.11. The molecular weight excluding hydrogens is 376 g/mol. The van der Waals surface area contributed by atoms with Crippen molar-refractivity contribution < 1.29 is 14.6 Å². The molecule has 0 bridgehead atoms. The van der Waals surface area contributed by atoms with Crippen molar-refractivity contribution in [2.24, 2.45) is 0 Å². The second kappa shape index (κ2) is 12.6. The van der Waals surface area contributed by atoms with Crippen LogP contribution in [0.5, 0.6) is 11.5 Å². The maximum absolute atomic E-state index is 8.74. The molecule has 0 heterocycles. The Balaban J connectivity index is 1.95. The van der Waals surface area contributed by atoms with Crippen molar-refractivity contribution in [2.45, 2.75) is 33.4 Å². The second-order valence-corrected chi connectivity index (χ2v) is 6.96. The minimum Gasteiger partial charge on any atom is -0.490 e. The Morgan fingerprint density at radius 2 is 1.82 bits per heavy atom. The van der Waals surface area contributed by atoms with E-state index in [9.17, 15) is 0 Å². The average Bonchev–Trinajstić information content (AvgIpc) is 2.68. The molecule has 0 radical (unpaired) electrons. The maximum atomic E-state index is 8.74. The summed E-state index contributed by atoms with van der Waals surface area (Å²) < 4.78 is 11.8. The summed E-state index contributed by atoms with van der Waals surface area (Å²) in [7, 11) is 0. The molecule has 0 aromatic heterocycles. The molecule has 28 heavy (non-hydrogen) atoms.